The molecule has 6 heteroatoms. The predicted octanol–water partition coefficient (Wildman–Crippen LogP) is 2.26. The molecule has 29 heavy (non-hydrogen) atoms. The Labute approximate surface area is 172 Å². The first kappa shape index (κ1) is 19.6. The van der Waals surface area contributed by atoms with E-state index >= 15 is 0 Å². The van der Waals surface area contributed by atoms with E-state index in [-0.39, 0.29) is 17.9 Å². The van der Waals surface area contributed by atoms with Crippen LogP contribution in [0.4, 0.5) is 0 Å². The Morgan fingerprint density at radius 2 is 1.83 bits per heavy atom. The lowest BCUT2D eigenvalue weighted by Crippen LogP contribution is -2.49. The van der Waals surface area contributed by atoms with Crippen LogP contribution >= 0.6 is 0 Å². The van der Waals surface area contributed by atoms with Crippen LogP contribution < -0.4 is 0 Å². The number of carbonyl (C=O) groups excluding carboxylic acids is 2. The third-order valence-corrected chi connectivity index (χ3v) is 6.04. The van der Waals surface area contributed by atoms with E-state index in [0.29, 0.717) is 13.0 Å². The number of aromatic nitrogens is 1. The molecule has 2 aliphatic rings. The summed E-state index contributed by atoms with van der Waals surface area (Å²) in [7, 11) is 0. The van der Waals surface area contributed by atoms with E-state index in [9.17, 15) is 9.59 Å². The van der Waals surface area contributed by atoms with Crippen molar-refractivity contribution in [1.82, 2.24) is 19.7 Å². The van der Waals surface area contributed by atoms with Crippen molar-refractivity contribution in [2.75, 3.05) is 32.7 Å². The van der Waals surface area contributed by atoms with Gasteiger partial charge in [-0.15, -0.1) is 0 Å². The summed E-state index contributed by atoms with van der Waals surface area (Å²) < 4.78 is 0. The lowest BCUT2D eigenvalue weighted by atomic mass is 9.90. The lowest BCUT2D eigenvalue weighted by molar-refractivity contribution is -0.137. The Morgan fingerprint density at radius 1 is 1.03 bits per heavy atom. The maximum atomic E-state index is 13.1. The fourth-order valence-electron chi connectivity index (χ4n) is 4.45. The zero-order chi connectivity index (χ0) is 20.2. The number of piperazine rings is 1. The Kier molecular flexibility index (Phi) is 5.90. The molecule has 4 rings (SSSR count). The number of fused-ring (bicyclic) bond motifs is 1. The van der Waals surface area contributed by atoms with Crippen LogP contribution in [-0.4, -0.2) is 64.2 Å². The summed E-state index contributed by atoms with van der Waals surface area (Å²) >= 11 is 0. The molecule has 1 aromatic carbocycles. The van der Waals surface area contributed by atoms with Crippen LogP contribution in [0.3, 0.4) is 0 Å². The first-order valence-electron chi connectivity index (χ1n) is 10.4. The average molecular weight is 393 g/mol. The molecule has 1 aromatic heterocycles. The number of hydrogen-bond acceptors (Lipinski definition) is 4. The van der Waals surface area contributed by atoms with Crippen molar-refractivity contribution in [3.8, 4) is 0 Å². The topological polar surface area (TPSA) is 56.8 Å². The zero-order valence-electron chi connectivity index (χ0n) is 17.0. The summed E-state index contributed by atoms with van der Waals surface area (Å²) in [5, 5.41) is 0. The van der Waals surface area contributed by atoms with Crippen molar-refractivity contribution in [2.45, 2.75) is 32.4 Å². The van der Waals surface area contributed by atoms with Crippen LogP contribution in [0.25, 0.3) is 0 Å². The Bertz CT molecular complexity index is 862. The highest BCUT2D eigenvalue weighted by molar-refractivity contribution is 5.80. The van der Waals surface area contributed by atoms with Crippen LogP contribution in [0.5, 0.6) is 0 Å². The Morgan fingerprint density at radius 3 is 2.55 bits per heavy atom. The first-order valence-corrected chi connectivity index (χ1v) is 10.4. The second-order valence-corrected chi connectivity index (χ2v) is 7.90. The van der Waals surface area contributed by atoms with Crippen LogP contribution in [0, 0.1) is 0 Å². The van der Waals surface area contributed by atoms with Gasteiger partial charge in [0.15, 0.2) is 0 Å². The maximum absolute atomic E-state index is 13.1. The molecule has 0 spiro atoms. The van der Waals surface area contributed by atoms with Gasteiger partial charge >= 0.3 is 0 Å². The molecule has 1 saturated heterocycles. The molecule has 0 aliphatic carbocycles. The molecule has 2 amide bonds. The van der Waals surface area contributed by atoms with Crippen molar-refractivity contribution in [3.05, 3.63) is 65.5 Å². The van der Waals surface area contributed by atoms with E-state index in [4.69, 9.17) is 0 Å². The van der Waals surface area contributed by atoms with E-state index in [1.807, 2.05) is 34.2 Å². The number of pyridine rings is 1. The molecule has 0 radical (unpaired) electrons. The van der Waals surface area contributed by atoms with Crippen LogP contribution in [-0.2, 0) is 22.6 Å². The largest absolute Gasteiger partial charge is 0.340 e. The van der Waals surface area contributed by atoms with Crippen LogP contribution in [0.2, 0.25) is 0 Å². The molecular weight excluding hydrogens is 364 g/mol. The van der Waals surface area contributed by atoms with Crippen molar-refractivity contribution >= 4 is 11.8 Å². The second kappa shape index (κ2) is 8.74. The minimum atomic E-state index is -0.154. The van der Waals surface area contributed by atoms with Crippen molar-refractivity contribution in [2.24, 2.45) is 0 Å². The normalized spacial score (nSPS) is 19.7. The minimum Gasteiger partial charge on any atom is -0.340 e. The standard InChI is InChI=1S/C23H28N4O2/c1-18(28)27-10-8-20-6-2-3-7-21(20)22(27)15-23(29)26-13-11-25(12-14-26)17-19-5-4-9-24-16-19/h2-7,9,16,22H,8,10-15,17H2,1H3. The van der Waals surface area contributed by atoms with Gasteiger partial charge in [0.2, 0.25) is 11.8 Å². The van der Waals surface area contributed by atoms with Crippen molar-refractivity contribution in [3.63, 3.8) is 0 Å². The highest BCUT2D eigenvalue weighted by Crippen LogP contribution is 2.32. The monoisotopic (exact) mass is 392 g/mol. The summed E-state index contributed by atoms with van der Waals surface area (Å²) in [6, 6.07) is 12.1. The van der Waals surface area contributed by atoms with Crippen molar-refractivity contribution < 1.29 is 9.59 Å². The quantitative estimate of drug-likeness (QED) is 0.801. The number of carbonyl (C=O) groups is 2. The smallest absolute Gasteiger partial charge is 0.225 e. The summed E-state index contributed by atoms with van der Waals surface area (Å²) in [5.74, 6) is 0.178. The molecule has 2 aromatic rings. The SMILES string of the molecule is CC(=O)N1CCc2ccccc2C1CC(=O)N1CCN(Cc2cccnc2)CC1. The molecule has 152 valence electrons. The molecule has 1 fully saturated rings. The number of amides is 2. The van der Waals surface area contributed by atoms with Gasteiger partial charge in [-0.1, -0.05) is 30.3 Å². The van der Waals surface area contributed by atoms with Gasteiger partial charge in [-0.05, 0) is 29.2 Å². The average Bonchev–Trinajstić information content (AvgIpc) is 2.75. The summed E-state index contributed by atoms with van der Waals surface area (Å²) in [6.45, 7) is 6.33. The highest BCUT2D eigenvalue weighted by atomic mass is 16.2. The van der Waals surface area contributed by atoms with E-state index in [1.54, 1.807) is 13.1 Å². The third kappa shape index (κ3) is 4.48. The van der Waals surface area contributed by atoms with E-state index in [2.05, 4.69) is 28.1 Å². The molecule has 6 nitrogen and oxygen atoms in total. The summed E-state index contributed by atoms with van der Waals surface area (Å²) in [5.41, 5.74) is 3.57. The fraction of sp³-hybridized carbons (Fsp3) is 0.435. The number of nitrogens with zero attached hydrogens (tertiary/aromatic N) is 4. The summed E-state index contributed by atoms with van der Waals surface area (Å²) in [6.07, 6.45) is 4.90. The van der Waals surface area contributed by atoms with E-state index in [0.717, 1.165) is 44.7 Å². The summed E-state index contributed by atoms with van der Waals surface area (Å²) in [4.78, 5) is 35.6. The molecule has 2 aliphatic heterocycles. The van der Waals surface area contributed by atoms with Gasteiger partial charge in [0.05, 0.1) is 12.5 Å². The second-order valence-electron chi connectivity index (χ2n) is 7.90. The molecule has 1 atom stereocenters. The first-order chi connectivity index (χ1) is 14.1. The van der Waals surface area contributed by atoms with E-state index < -0.39 is 0 Å². The van der Waals surface area contributed by atoms with Gasteiger partial charge in [0.1, 0.15) is 0 Å². The van der Waals surface area contributed by atoms with Gasteiger partial charge in [-0.25, -0.2) is 0 Å². The number of benzene rings is 1. The molecule has 0 bridgehead atoms. The number of hydrogen-bond donors (Lipinski definition) is 0. The molecular formula is C23H28N4O2. The Hall–Kier alpha value is -2.73. The van der Waals surface area contributed by atoms with Gasteiger partial charge in [0, 0.05) is 58.6 Å². The molecule has 0 N–H and O–H groups in total. The zero-order valence-corrected chi connectivity index (χ0v) is 17.0. The molecule has 0 saturated carbocycles. The lowest BCUT2D eigenvalue weighted by Gasteiger charge is -2.39. The number of rotatable bonds is 4. The van der Waals surface area contributed by atoms with Gasteiger partial charge in [-0.2, -0.15) is 0 Å². The third-order valence-electron chi connectivity index (χ3n) is 6.04. The highest BCUT2D eigenvalue weighted by Gasteiger charge is 2.32. The molecule has 1 unspecified atom stereocenters. The van der Waals surface area contributed by atoms with Crippen LogP contribution in [0.1, 0.15) is 36.1 Å². The van der Waals surface area contributed by atoms with Crippen LogP contribution in [0.15, 0.2) is 48.8 Å². The van der Waals surface area contributed by atoms with E-state index in [1.165, 1.54) is 11.1 Å². The molecule has 3 heterocycles. The fourth-order valence-corrected chi connectivity index (χ4v) is 4.45. The Balaban J connectivity index is 1.38. The predicted molar refractivity (Wildman–Crippen MR) is 111 cm³/mol. The van der Waals surface area contributed by atoms with Gasteiger partial charge in [0.25, 0.3) is 0 Å². The van der Waals surface area contributed by atoms with Gasteiger partial charge < -0.3 is 9.80 Å². The van der Waals surface area contributed by atoms with Crippen molar-refractivity contribution in [1.29, 1.82) is 0 Å². The maximum Gasteiger partial charge on any atom is 0.225 e. The van der Waals surface area contributed by atoms with Gasteiger partial charge in [-0.3, -0.25) is 19.5 Å². The minimum absolute atomic E-state index is 0.0404.